The van der Waals surface area contributed by atoms with Crippen molar-refractivity contribution in [3.8, 4) is 5.88 Å². The molecule has 0 spiro atoms. The van der Waals surface area contributed by atoms with Gasteiger partial charge < -0.3 is 9.47 Å². The zero-order valence-electron chi connectivity index (χ0n) is 8.69. The molecular weight excluding hydrogens is 196 g/mol. The fourth-order valence-electron chi connectivity index (χ4n) is 1.64. The molecule has 0 aromatic carbocycles. The summed E-state index contributed by atoms with van der Waals surface area (Å²) < 4.78 is 10.1. The molecule has 5 heteroatoms. The van der Waals surface area contributed by atoms with E-state index in [1.54, 1.807) is 0 Å². The van der Waals surface area contributed by atoms with Gasteiger partial charge in [0.15, 0.2) is 0 Å². The molecule has 0 fully saturated rings. The summed E-state index contributed by atoms with van der Waals surface area (Å²) in [5.74, 6) is 0.0961. The summed E-state index contributed by atoms with van der Waals surface area (Å²) in [6.07, 6.45) is 2.06. The number of aryl methyl sites for hydroxylation is 1. The van der Waals surface area contributed by atoms with Crippen LogP contribution in [0.15, 0.2) is 6.33 Å². The lowest BCUT2D eigenvalue weighted by atomic mass is 9.98. The third-order valence-electron chi connectivity index (χ3n) is 2.53. The van der Waals surface area contributed by atoms with Gasteiger partial charge >= 0.3 is 5.97 Å². The van der Waals surface area contributed by atoms with E-state index in [1.807, 2.05) is 6.92 Å². The lowest BCUT2D eigenvalue weighted by molar-refractivity contribution is -0.146. The molecule has 1 unspecified atom stereocenters. The van der Waals surface area contributed by atoms with E-state index in [4.69, 9.17) is 4.74 Å². The molecular formula is C10H12N2O3. The zero-order chi connectivity index (χ0) is 10.8. The van der Waals surface area contributed by atoms with Gasteiger partial charge in [0.25, 0.3) is 0 Å². The van der Waals surface area contributed by atoms with Crippen LogP contribution in [-0.2, 0) is 16.0 Å². The summed E-state index contributed by atoms with van der Waals surface area (Å²) in [5.41, 5.74) is 1.76. The summed E-state index contributed by atoms with van der Waals surface area (Å²) in [5, 5.41) is 0. The van der Waals surface area contributed by atoms with Crippen LogP contribution >= 0.6 is 0 Å². The number of esters is 1. The number of carbonyl (C=O) groups is 1. The highest BCUT2D eigenvalue weighted by Gasteiger charge is 2.28. The summed E-state index contributed by atoms with van der Waals surface area (Å²) in [4.78, 5) is 19.4. The minimum absolute atomic E-state index is 0.243. The maximum atomic E-state index is 11.3. The van der Waals surface area contributed by atoms with Crippen molar-refractivity contribution in [2.45, 2.75) is 13.3 Å². The van der Waals surface area contributed by atoms with Gasteiger partial charge in [-0.1, -0.05) is 0 Å². The normalized spacial score (nSPS) is 18.9. The number of carbonyl (C=O) groups excluding carboxylic acids is 1. The maximum Gasteiger partial charge on any atom is 0.312 e. The van der Waals surface area contributed by atoms with E-state index in [9.17, 15) is 4.79 Å². The predicted octanol–water partition coefficient (Wildman–Crippen LogP) is 0.509. The van der Waals surface area contributed by atoms with Gasteiger partial charge in [-0.2, -0.15) is 0 Å². The van der Waals surface area contributed by atoms with Crippen molar-refractivity contribution < 1.29 is 14.3 Å². The molecule has 15 heavy (non-hydrogen) atoms. The third-order valence-corrected chi connectivity index (χ3v) is 2.53. The molecule has 0 radical (unpaired) electrons. The molecule has 2 heterocycles. The monoisotopic (exact) mass is 208 g/mol. The Morgan fingerprint density at radius 2 is 2.40 bits per heavy atom. The summed E-state index contributed by atoms with van der Waals surface area (Å²) >= 11 is 0. The number of methoxy groups -OCH3 is 1. The molecule has 1 aromatic heterocycles. The number of fused-ring (bicyclic) bond motifs is 1. The third kappa shape index (κ3) is 1.77. The van der Waals surface area contributed by atoms with Crippen LogP contribution in [0.25, 0.3) is 0 Å². The Hall–Kier alpha value is -1.65. The minimum atomic E-state index is -0.246. The topological polar surface area (TPSA) is 61.3 Å². The lowest BCUT2D eigenvalue weighted by Crippen LogP contribution is -2.30. The first kappa shape index (κ1) is 9.89. The van der Waals surface area contributed by atoms with Gasteiger partial charge in [0.2, 0.25) is 5.88 Å². The smallest absolute Gasteiger partial charge is 0.312 e. The van der Waals surface area contributed by atoms with Crippen LogP contribution in [0.4, 0.5) is 0 Å². The Kier molecular flexibility index (Phi) is 2.53. The minimum Gasteiger partial charge on any atom is -0.476 e. The summed E-state index contributed by atoms with van der Waals surface area (Å²) in [7, 11) is 1.38. The van der Waals surface area contributed by atoms with E-state index in [0.717, 1.165) is 11.3 Å². The van der Waals surface area contributed by atoms with Gasteiger partial charge in [0.1, 0.15) is 12.9 Å². The number of hydrogen-bond acceptors (Lipinski definition) is 5. The second kappa shape index (κ2) is 3.84. The first-order valence-electron chi connectivity index (χ1n) is 4.73. The average Bonchev–Trinajstić information content (AvgIpc) is 2.28. The second-order valence-corrected chi connectivity index (χ2v) is 3.48. The molecule has 80 valence electrons. The number of aromatic nitrogens is 2. The first-order chi connectivity index (χ1) is 7.22. The molecule has 0 bridgehead atoms. The summed E-state index contributed by atoms with van der Waals surface area (Å²) in [6, 6.07) is 0. The second-order valence-electron chi connectivity index (χ2n) is 3.48. The molecule has 0 saturated heterocycles. The van der Waals surface area contributed by atoms with Crippen molar-refractivity contribution in [1.29, 1.82) is 0 Å². The largest absolute Gasteiger partial charge is 0.476 e. The van der Waals surface area contributed by atoms with Gasteiger partial charge in [-0.05, 0) is 13.3 Å². The Morgan fingerprint density at radius 3 is 3.13 bits per heavy atom. The lowest BCUT2D eigenvalue weighted by Gasteiger charge is -2.23. The van der Waals surface area contributed by atoms with Crippen LogP contribution in [0, 0.1) is 12.8 Å². The Bertz CT molecular complexity index is 392. The molecule has 0 aliphatic carbocycles. The molecule has 5 nitrogen and oxygen atoms in total. The van der Waals surface area contributed by atoms with Gasteiger partial charge in [-0.3, -0.25) is 4.79 Å². The van der Waals surface area contributed by atoms with Gasteiger partial charge in [-0.15, -0.1) is 0 Å². The highest BCUT2D eigenvalue weighted by Crippen LogP contribution is 2.26. The highest BCUT2D eigenvalue weighted by atomic mass is 16.5. The van der Waals surface area contributed by atoms with Gasteiger partial charge in [0, 0.05) is 11.3 Å². The molecule has 0 saturated carbocycles. The number of nitrogens with zero attached hydrogens (tertiary/aromatic N) is 2. The Labute approximate surface area is 87.4 Å². The standard InChI is InChI=1S/C10H12N2O3/c1-6-8-3-7(10(13)14-2)4-15-9(8)12-5-11-6/h5,7H,3-4H2,1-2H3. The Balaban J connectivity index is 2.26. The molecule has 1 aromatic rings. The van der Waals surface area contributed by atoms with E-state index < -0.39 is 0 Å². The molecule has 2 rings (SSSR count). The van der Waals surface area contributed by atoms with E-state index in [-0.39, 0.29) is 11.9 Å². The fraction of sp³-hybridized carbons (Fsp3) is 0.500. The van der Waals surface area contributed by atoms with Gasteiger partial charge in [-0.25, -0.2) is 9.97 Å². The van der Waals surface area contributed by atoms with Crippen molar-refractivity contribution in [2.24, 2.45) is 5.92 Å². The van der Waals surface area contributed by atoms with Crippen LogP contribution < -0.4 is 4.74 Å². The maximum absolute atomic E-state index is 11.3. The van der Waals surface area contributed by atoms with E-state index in [0.29, 0.717) is 18.9 Å². The predicted molar refractivity (Wildman–Crippen MR) is 51.5 cm³/mol. The molecule has 0 N–H and O–H groups in total. The number of hydrogen-bond donors (Lipinski definition) is 0. The van der Waals surface area contributed by atoms with Crippen molar-refractivity contribution in [2.75, 3.05) is 13.7 Å². The fourth-order valence-corrected chi connectivity index (χ4v) is 1.64. The zero-order valence-corrected chi connectivity index (χ0v) is 8.69. The van der Waals surface area contributed by atoms with E-state index in [1.165, 1.54) is 13.4 Å². The van der Waals surface area contributed by atoms with Crippen LogP contribution in [-0.4, -0.2) is 29.7 Å². The molecule has 1 aliphatic heterocycles. The molecule has 1 atom stereocenters. The SMILES string of the molecule is COC(=O)C1COc2ncnc(C)c2C1. The van der Waals surface area contributed by atoms with Crippen LogP contribution in [0.2, 0.25) is 0 Å². The van der Waals surface area contributed by atoms with Crippen molar-refractivity contribution in [1.82, 2.24) is 9.97 Å². The van der Waals surface area contributed by atoms with Crippen molar-refractivity contribution in [3.05, 3.63) is 17.6 Å². The van der Waals surface area contributed by atoms with E-state index in [2.05, 4.69) is 14.7 Å². The highest BCUT2D eigenvalue weighted by molar-refractivity contribution is 5.73. The van der Waals surface area contributed by atoms with Crippen LogP contribution in [0.3, 0.4) is 0 Å². The Morgan fingerprint density at radius 1 is 1.60 bits per heavy atom. The van der Waals surface area contributed by atoms with Gasteiger partial charge in [0.05, 0.1) is 13.0 Å². The number of ether oxygens (including phenoxy) is 2. The molecule has 1 aliphatic rings. The van der Waals surface area contributed by atoms with Crippen molar-refractivity contribution >= 4 is 5.97 Å². The molecule has 0 amide bonds. The number of rotatable bonds is 1. The van der Waals surface area contributed by atoms with E-state index >= 15 is 0 Å². The van der Waals surface area contributed by atoms with Crippen LogP contribution in [0.5, 0.6) is 5.88 Å². The van der Waals surface area contributed by atoms with Crippen LogP contribution in [0.1, 0.15) is 11.3 Å². The summed E-state index contributed by atoms with van der Waals surface area (Å²) in [6.45, 7) is 2.21. The first-order valence-corrected chi connectivity index (χ1v) is 4.73. The van der Waals surface area contributed by atoms with Crippen molar-refractivity contribution in [3.63, 3.8) is 0 Å². The quantitative estimate of drug-likeness (QED) is 0.629. The average molecular weight is 208 g/mol.